The van der Waals surface area contributed by atoms with Gasteiger partial charge in [-0.25, -0.2) is 4.98 Å². The molecular weight excluding hydrogens is 324 g/mol. The van der Waals surface area contributed by atoms with Crippen molar-refractivity contribution in [3.8, 4) is 11.6 Å². The molecule has 1 aliphatic rings. The second-order valence-electron chi connectivity index (χ2n) is 5.63. The zero-order chi connectivity index (χ0) is 17.6. The molecule has 0 unspecified atom stereocenters. The van der Waals surface area contributed by atoms with E-state index in [9.17, 15) is 9.59 Å². The van der Waals surface area contributed by atoms with Crippen molar-refractivity contribution in [2.45, 2.75) is 12.5 Å². The Kier molecular flexibility index (Phi) is 5.25. The summed E-state index contributed by atoms with van der Waals surface area (Å²) in [6.45, 7) is 0.976. The number of carbonyl (C=O) groups excluding carboxylic acids is 1. The quantitative estimate of drug-likeness (QED) is 0.896. The largest absolute Gasteiger partial charge is 0.481 e. The van der Waals surface area contributed by atoms with Gasteiger partial charge in [-0.15, -0.1) is 0 Å². The van der Waals surface area contributed by atoms with Crippen molar-refractivity contribution in [3.05, 3.63) is 54.2 Å². The van der Waals surface area contributed by atoms with Crippen LogP contribution in [0.5, 0.6) is 11.6 Å². The Hall–Kier alpha value is -2.93. The van der Waals surface area contributed by atoms with E-state index in [1.54, 1.807) is 12.1 Å². The highest BCUT2D eigenvalue weighted by molar-refractivity contribution is 5.94. The van der Waals surface area contributed by atoms with E-state index >= 15 is 0 Å². The van der Waals surface area contributed by atoms with Crippen molar-refractivity contribution in [2.75, 3.05) is 19.8 Å². The molecule has 1 amide bonds. The van der Waals surface area contributed by atoms with Crippen LogP contribution in [0.15, 0.2) is 48.7 Å². The van der Waals surface area contributed by atoms with Crippen LogP contribution in [0.2, 0.25) is 0 Å². The number of pyridine rings is 1. The van der Waals surface area contributed by atoms with Crippen LogP contribution < -0.4 is 4.74 Å². The zero-order valence-electron chi connectivity index (χ0n) is 13.5. The summed E-state index contributed by atoms with van der Waals surface area (Å²) >= 11 is 0. The van der Waals surface area contributed by atoms with Gasteiger partial charge in [-0.2, -0.15) is 0 Å². The molecule has 7 heteroatoms. The van der Waals surface area contributed by atoms with Crippen molar-refractivity contribution in [2.24, 2.45) is 0 Å². The van der Waals surface area contributed by atoms with Crippen molar-refractivity contribution >= 4 is 11.9 Å². The summed E-state index contributed by atoms with van der Waals surface area (Å²) in [5.74, 6) is -0.179. The third-order valence-corrected chi connectivity index (χ3v) is 3.85. The van der Waals surface area contributed by atoms with Gasteiger partial charge in [-0.05, 0) is 18.2 Å². The number of amides is 1. The molecule has 1 atom stereocenters. The first kappa shape index (κ1) is 16.9. The molecule has 7 nitrogen and oxygen atoms in total. The predicted molar refractivity (Wildman–Crippen MR) is 88.6 cm³/mol. The van der Waals surface area contributed by atoms with E-state index in [1.807, 2.05) is 30.3 Å². The first-order valence-electron chi connectivity index (χ1n) is 7.93. The molecule has 0 bridgehead atoms. The van der Waals surface area contributed by atoms with E-state index in [-0.39, 0.29) is 18.9 Å². The lowest BCUT2D eigenvalue weighted by Crippen LogP contribution is -2.49. The normalized spacial score (nSPS) is 17.1. The van der Waals surface area contributed by atoms with Gasteiger partial charge in [0.05, 0.1) is 31.2 Å². The Bertz CT molecular complexity index is 733. The zero-order valence-corrected chi connectivity index (χ0v) is 13.5. The Balaban J connectivity index is 1.70. The number of aromatic nitrogens is 1. The summed E-state index contributed by atoms with van der Waals surface area (Å²) in [6, 6.07) is 12.0. The number of aliphatic carboxylic acids is 1. The fourth-order valence-electron chi connectivity index (χ4n) is 2.64. The number of carbonyl (C=O) groups is 2. The molecule has 1 aromatic carbocycles. The van der Waals surface area contributed by atoms with Crippen molar-refractivity contribution in [1.82, 2.24) is 9.88 Å². The van der Waals surface area contributed by atoms with Gasteiger partial charge in [0.1, 0.15) is 5.75 Å². The van der Waals surface area contributed by atoms with Crippen LogP contribution in [0.3, 0.4) is 0 Å². The number of hydrogen-bond acceptors (Lipinski definition) is 5. The maximum Gasteiger partial charge on any atom is 0.305 e. The van der Waals surface area contributed by atoms with E-state index in [0.717, 1.165) is 0 Å². The first-order valence-corrected chi connectivity index (χ1v) is 7.93. The lowest BCUT2D eigenvalue weighted by molar-refractivity contribution is -0.139. The van der Waals surface area contributed by atoms with Gasteiger partial charge in [-0.1, -0.05) is 18.2 Å². The molecule has 2 heterocycles. The highest BCUT2D eigenvalue weighted by Crippen LogP contribution is 2.20. The van der Waals surface area contributed by atoms with Crippen LogP contribution in [0.25, 0.3) is 0 Å². The topological polar surface area (TPSA) is 89.0 Å². The molecule has 2 aromatic rings. The van der Waals surface area contributed by atoms with Gasteiger partial charge in [0.25, 0.3) is 5.91 Å². The third kappa shape index (κ3) is 4.33. The molecule has 0 spiro atoms. The number of para-hydroxylation sites is 1. The average Bonchev–Trinajstić information content (AvgIpc) is 2.63. The Labute approximate surface area is 144 Å². The maximum atomic E-state index is 12.7. The number of benzene rings is 1. The molecule has 1 N–H and O–H groups in total. The van der Waals surface area contributed by atoms with Crippen molar-refractivity contribution in [1.29, 1.82) is 0 Å². The van der Waals surface area contributed by atoms with Crippen LogP contribution >= 0.6 is 0 Å². The molecule has 0 aliphatic carbocycles. The highest BCUT2D eigenvalue weighted by atomic mass is 16.5. The fourth-order valence-corrected chi connectivity index (χ4v) is 2.64. The molecule has 1 aliphatic heterocycles. The molecule has 0 saturated carbocycles. The van der Waals surface area contributed by atoms with Crippen LogP contribution in [0, 0.1) is 0 Å². The van der Waals surface area contributed by atoms with Gasteiger partial charge in [0.2, 0.25) is 5.88 Å². The monoisotopic (exact) mass is 342 g/mol. The minimum Gasteiger partial charge on any atom is -0.481 e. The van der Waals surface area contributed by atoms with E-state index in [2.05, 4.69) is 4.98 Å². The molecular formula is C18H18N2O5. The molecule has 1 saturated heterocycles. The molecule has 25 heavy (non-hydrogen) atoms. The van der Waals surface area contributed by atoms with E-state index in [0.29, 0.717) is 30.3 Å². The Morgan fingerprint density at radius 3 is 2.72 bits per heavy atom. The Morgan fingerprint density at radius 2 is 2.04 bits per heavy atom. The summed E-state index contributed by atoms with van der Waals surface area (Å²) in [7, 11) is 0. The Morgan fingerprint density at radius 1 is 1.24 bits per heavy atom. The smallest absolute Gasteiger partial charge is 0.305 e. The summed E-state index contributed by atoms with van der Waals surface area (Å²) in [6.07, 6.45) is 1.29. The molecule has 1 aromatic heterocycles. The molecule has 0 radical (unpaired) electrons. The summed E-state index contributed by atoms with van der Waals surface area (Å²) in [5, 5.41) is 8.99. The van der Waals surface area contributed by atoms with Crippen LogP contribution in [0.1, 0.15) is 16.8 Å². The van der Waals surface area contributed by atoms with Crippen LogP contribution in [-0.2, 0) is 9.53 Å². The molecule has 1 fully saturated rings. The standard InChI is InChI=1S/C18H18N2O5/c21-17(22)10-14-12-24-9-8-20(14)18(23)13-6-7-16(19-11-13)25-15-4-2-1-3-5-15/h1-7,11,14H,8-10,12H2,(H,21,22)/t14-/m1/s1. The van der Waals surface area contributed by atoms with E-state index < -0.39 is 12.0 Å². The van der Waals surface area contributed by atoms with E-state index in [1.165, 1.54) is 11.1 Å². The average molecular weight is 342 g/mol. The fraction of sp³-hybridized carbons (Fsp3) is 0.278. The molecule has 130 valence electrons. The van der Waals surface area contributed by atoms with Gasteiger partial charge in [-0.3, -0.25) is 9.59 Å². The number of carboxylic acid groups (broad SMARTS) is 1. The number of morpholine rings is 1. The SMILES string of the molecule is O=C(O)C[C@@H]1COCCN1C(=O)c1ccc(Oc2ccccc2)nc1. The maximum absolute atomic E-state index is 12.7. The second kappa shape index (κ2) is 7.76. The number of carboxylic acids is 1. The summed E-state index contributed by atoms with van der Waals surface area (Å²) in [4.78, 5) is 29.3. The number of nitrogens with zero attached hydrogens (tertiary/aromatic N) is 2. The van der Waals surface area contributed by atoms with E-state index in [4.69, 9.17) is 14.6 Å². The summed E-state index contributed by atoms with van der Waals surface area (Å²) in [5.41, 5.74) is 0.387. The number of ether oxygens (including phenoxy) is 2. The minimum absolute atomic E-state index is 0.144. The number of hydrogen-bond donors (Lipinski definition) is 1. The lowest BCUT2D eigenvalue weighted by Gasteiger charge is -2.34. The van der Waals surface area contributed by atoms with Gasteiger partial charge in [0.15, 0.2) is 0 Å². The van der Waals surface area contributed by atoms with Crippen LogP contribution in [0.4, 0.5) is 0 Å². The third-order valence-electron chi connectivity index (χ3n) is 3.85. The van der Waals surface area contributed by atoms with Crippen molar-refractivity contribution < 1.29 is 24.2 Å². The minimum atomic E-state index is -0.960. The van der Waals surface area contributed by atoms with Gasteiger partial charge in [0, 0.05) is 18.8 Å². The highest BCUT2D eigenvalue weighted by Gasteiger charge is 2.29. The van der Waals surface area contributed by atoms with Crippen molar-refractivity contribution in [3.63, 3.8) is 0 Å². The van der Waals surface area contributed by atoms with Crippen LogP contribution in [-0.4, -0.2) is 52.7 Å². The number of rotatable bonds is 5. The lowest BCUT2D eigenvalue weighted by atomic mass is 10.1. The molecule has 3 rings (SSSR count). The second-order valence-corrected chi connectivity index (χ2v) is 5.63. The summed E-state index contributed by atoms with van der Waals surface area (Å²) < 4.78 is 10.9. The predicted octanol–water partition coefficient (Wildman–Crippen LogP) is 2.19. The van der Waals surface area contributed by atoms with Gasteiger partial charge < -0.3 is 19.5 Å². The van der Waals surface area contributed by atoms with Gasteiger partial charge >= 0.3 is 5.97 Å². The first-order chi connectivity index (χ1) is 12.1.